The number of rotatable bonds is 4. The summed E-state index contributed by atoms with van der Waals surface area (Å²) in [7, 11) is 1.58. The Kier molecular flexibility index (Phi) is 4.54. The Morgan fingerprint density at radius 1 is 1.53 bits per heavy atom. The molecule has 4 heteroatoms. The lowest BCUT2D eigenvalue weighted by atomic mass is 9.80. The van der Waals surface area contributed by atoms with Gasteiger partial charge in [0.15, 0.2) is 0 Å². The lowest BCUT2D eigenvalue weighted by Gasteiger charge is -2.38. The highest BCUT2D eigenvalue weighted by Gasteiger charge is 2.41. The second-order valence-electron chi connectivity index (χ2n) is 4.06. The van der Waals surface area contributed by atoms with Gasteiger partial charge >= 0.3 is 5.97 Å². The zero-order valence-corrected chi connectivity index (χ0v) is 9.49. The molecule has 0 amide bonds. The number of carbonyl (C=O) groups is 1. The number of ether oxygens (including phenoxy) is 2. The van der Waals surface area contributed by atoms with E-state index in [4.69, 9.17) is 9.47 Å². The smallest absolute Gasteiger partial charge is 0.308 e. The van der Waals surface area contributed by atoms with Gasteiger partial charge in [0.1, 0.15) is 5.60 Å². The molecule has 0 radical (unpaired) electrons. The average molecular weight is 216 g/mol. The van der Waals surface area contributed by atoms with Gasteiger partial charge in [-0.1, -0.05) is 12.8 Å². The van der Waals surface area contributed by atoms with Crippen LogP contribution in [-0.4, -0.2) is 36.5 Å². The summed E-state index contributed by atoms with van der Waals surface area (Å²) in [5.41, 5.74) is -1.03. The van der Waals surface area contributed by atoms with Crippen molar-refractivity contribution in [1.29, 1.82) is 0 Å². The summed E-state index contributed by atoms with van der Waals surface area (Å²) in [6.07, 6.45) is 3.21. The molecule has 4 nitrogen and oxygen atoms in total. The monoisotopic (exact) mass is 216 g/mol. The van der Waals surface area contributed by atoms with Crippen LogP contribution in [0.4, 0.5) is 0 Å². The van der Waals surface area contributed by atoms with Gasteiger partial charge in [-0.3, -0.25) is 4.79 Å². The van der Waals surface area contributed by atoms with Gasteiger partial charge in [0.2, 0.25) is 0 Å². The van der Waals surface area contributed by atoms with Crippen LogP contribution in [0.15, 0.2) is 0 Å². The van der Waals surface area contributed by atoms with E-state index in [1.54, 1.807) is 14.0 Å². The van der Waals surface area contributed by atoms with Crippen LogP contribution in [0.1, 0.15) is 39.0 Å². The van der Waals surface area contributed by atoms with Crippen LogP contribution in [0.3, 0.4) is 0 Å². The van der Waals surface area contributed by atoms with Gasteiger partial charge in [-0.15, -0.1) is 0 Å². The van der Waals surface area contributed by atoms with E-state index in [0.717, 1.165) is 19.3 Å². The average Bonchev–Trinajstić information content (AvgIpc) is 2.18. The van der Waals surface area contributed by atoms with Crippen LogP contribution in [0.25, 0.3) is 0 Å². The third kappa shape index (κ3) is 3.18. The highest BCUT2D eigenvalue weighted by molar-refractivity contribution is 5.70. The van der Waals surface area contributed by atoms with Crippen molar-refractivity contribution in [2.75, 3.05) is 13.7 Å². The van der Waals surface area contributed by atoms with Crippen LogP contribution in [0, 0.1) is 0 Å². The zero-order chi connectivity index (χ0) is 11.3. The van der Waals surface area contributed by atoms with Crippen LogP contribution in [0.2, 0.25) is 0 Å². The van der Waals surface area contributed by atoms with Crippen LogP contribution in [-0.2, 0) is 14.3 Å². The van der Waals surface area contributed by atoms with Crippen molar-refractivity contribution in [1.82, 2.24) is 0 Å². The number of esters is 1. The van der Waals surface area contributed by atoms with Gasteiger partial charge in [0, 0.05) is 7.11 Å². The molecule has 15 heavy (non-hydrogen) atoms. The molecule has 0 aromatic carbocycles. The summed E-state index contributed by atoms with van der Waals surface area (Å²) in [5.74, 6) is -0.344. The Balaban J connectivity index is 2.57. The SMILES string of the molecule is CCOC(=O)CC1(O)CCCCC1OC. The molecule has 1 fully saturated rings. The highest BCUT2D eigenvalue weighted by atomic mass is 16.5. The first-order valence-corrected chi connectivity index (χ1v) is 5.53. The van der Waals surface area contributed by atoms with E-state index in [9.17, 15) is 9.90 Å². The molecule has 0 aliphatic heterocycles. The molecule has 0 aromatic heterocycles. The van der Waals surface area contributed by atoms with Crippen molar-refractivity contribution in [3.05, 3.63) is 0 Å². The standard InChI is InChI=1S/C11H20O4/c1-3-15-10(12)8-11(13)7-5-4-6-9(11)14-2/h9,13H,3-8H2,1-2H3. The van der Waals surface area contributed by atoms with E-state index in [0.29, 0.717) is 13.0 Å². The number of aliphatic hydroxyl groups is 1. The first-order valence-electron chi connectivity index (χ1n) is 5.53. The first-order chi connectivity index (χ1) is 7.12. The minimum Gasteiger partial charge on any atom is -0.466 e. The molecule has 1 N–H and O–H groups in total. The lowest BCUT2D eigenvalue weighted by Crippen LogP contribution is -2.47. The van der Waals surface area contributed by atoms with Crippen molar-refractivity contribution >= 4 is 5.97 Å². The van der Waals surface area contributed by atoms with E-state index in [2.05, 4.69) is 0 Å². The molecule has 0 heterocycles. The van der Waals surface area contributed by atoms with Crippen molar-refractivity contribution in [2.45, 2.75) is 50.7 Å². The van der Waals surface area contributed by atoms with Gasteiger partial charge < -0.3 is 14.6 Å². The highest BCUT2D eigenvalue weighted by Crippen LogP contribution is 2.33. The van der Waals surface area contributed by atoms with Crippen molar-refractivity contribution in [3.8, 4) is 0 Å². The van der Waals surface area contributed by atoms with Gasteiger partial charge in [-0.25, -0.2) is 0 Å². The molecule has 1 aliphatic rings. The van der Waals surface area contributed by atoms with E-state index >= 15 is 0 Å². The fourth-order valence-corrected chi connectivity index (χ4v) is 2.19. The predicted molar refractivity (Wildman–Crippen MR) is 55.5 cm³/mol. The molecule has 2 atom stereocenters. The van der Waals surface area contributed by atoms with E-state index in [1.165, 1.54) is 0 Å². The number of carbonyl (C=O) groups excluding carboxylic acids is 1. The Labute approximate surface area is 90.6 Å². The molecule has 1 rings (SSSR count). The van der Waals surface area contributed by atoms with Crippen LogP contribution in [0.5, 0.6) is 0 Å². The molecular weight excluding hydrogens is 196 g/mol. The number of hydrogen-bond acceptors (Lipinski definition) is 4. The Hall–Kier alpha value is -0.610. The molecule has 1 saturated carbocycles. The topological polar surface area (TPSA) is 55.8 Å². The normalized spacial score (nSPS) is 31.3. The first kappa shape index (κ1) is 12.5. The maximum atomic E-state index is 11.3. The summed E-state index contributed by atoms with van der Waals surface area (Å²) in [6.45, 7) is 2.11. The van der Waals surface area contributed by atoms with Crippen molar-refractivity contribution < 1.29 is 19.4 Å². The summed E-state index contributed by atoms with van der Waals surface area (Å²) in [5, 5.41) is 10.3. The molecule has 0 bridgehead atoms. The largest absolute Gasteiger partial charge is 0.466 e. The lowest BCUT2D eigenvalue weighted by molar-refractivity contribution is -0.162. The number of hydrogen-bond donors (Lipinski definition) is 1. The van der Waals surface area contributed by atoms with Crippen LogP contribution >= 0.6 is 0 Å². The van der Waals surface area contributed by atoms with Crippen molar-refractivity contribution in [3.63, 3.8) is 0 Å². The Bertz CT molecular complexity index is 217. The molecule has 1 aliphatic carbocycles. The quantitative estimate of drug-likeness (QED) is 0.719. The summed E-state index contributed by atoms with van der Waals surface area (Å²) < 4.78 is 10.1. The number of methoxy groups -OCH3 is 1. The second-order valence-corrected chi connectivity index (χ2v) is 4.06. The molecular formula is C11H20O4. The third-order valence-corrected chi connectivity index (χ3v) is 2.97. The van der Waals surface area contributed by atoms with Gasteiger partial charge in [0.25, 0.3) is 0 Å². The van der Waals surface area contributed by atoms with E-state index < -0.39 is 5.60 Å². The molecule has 0 aromatic rings. The third-order valence-electron chi connectivity index (χ3n) is 2.97. The summed E-state index contributed by atoms with van der Waals surface area (Å²) in [4.78, 5) is 11.3. The van der Waals surface area contributed by atoms with Gasteiger partial charge in [-0.05, 0) is 19.8 Å². The fourth-order valence-electron chi connectivity index (χ4n) is 2.19. The summed E-state index contributed by atoms with van der Waals surface area (Å²) in [6, 6.07) is 0. The minimum absolute atomic E-state index is 0.0410. The zero-order valence-electron chi connectivity index (χ0n) is 9.49. The van der Waals surface area contributed by atoms with Crippen molar-refractivity contribution in [2.24, 2.45) is 0 Å². The molecule has 0 saturated heterocycles. The Morgan fingerprint density at radius 3 is 2.87 bits per heavy atom. The van der Waals surface area contributed by atoms with Gasteiger partial charge in [-0.2, -0.15) is 0 Å². The predicted octanol–water partition coefficient (Wildman–Crippen LogP) is 1.26. The Morgan fingerprint density at radius 2 is 2.27 bits per heavy atom. The van der Waals surface area contributed by atoms with E-state index in [-0.39, 0.29) is 18.5 Å². The van der Waals surface area contributed by atoms with Gasteiger partial charge in [0.05, 0.1) is 19.1 Å². The second kappa shape index (κ2) is 5.47. The molecule has 88 valence electrons. The molecule has 2 unspecified atom stereocenters. The maximum absolute atomic E-state index is 11.3. The van der Waals surface area contributed by atoms with E-state index in [1.807, 2.05) is 0 Å². The summed E-state index contributed by atoms with van der Waals surface area (Å²) >= 11 is 0. The van der Waals surface area contributed by atoms with Crippen LogP contribution < -0.4 is 0 Å². The minimum atomic E-state index is -1.03. The molecule has 0 spiro atoms. The fraction of sp³-hybridized carbons (Fsp3) is 0.909. The maximum Gasteiger partial charge on any atom is 0.308 e.